The summed E-state index contributed by atoms with van der Waals surface area (Å²) in [6.45, 7) is 0. The molecule has 2 unspecified atom stereocenters. The van der Waals surface area contributed by atoms with Gasteiger partial charge in [-0.3, -0.25) is 0 Å². The molecule has 0 nitrogen and oxygen atoms in total. The van der Waals surface area contributed by atoms with Gasteiger partial charge in [0.05, 0.1) is 0 Å². The van der Waals surface area contributed by atoms with Crippen LogP contribution in [0.1, 0.15) is 32.1 Å². The second-order valence-electron chi connectivity index (χ2n) is 4.58. The Balaban J connectivity index is 2.04. The Labute approximate surface area is 75.9 Å². The number of rotatable bonds is 0. The Morgan fingerprint density at radius 2 is 1.60 bits per heavy atom. The van der Waals surface area contributed by atoms with Gasteiger partial charge in [0.1, 0.15) is 0 Å². The summed E-state index contributed by atoms with van der Waals surface area (Å²) in [6.07, 6.45) is 7.88. The zero-order chi connectivity index (χ0) is 6.77. The highest BCUT2D eigenvalue weighted by atomic mass is 127. The summed E-state index contributed by atoms with van der Waals surface area (Å²) < 4.78 is 0.797. The average Bonchev–Trinajstić information content (AvgIpc) is 2.14. The van der Waals surface area contributed by atoms with E-state index in [1.807, 2.05) is 0 Å². The fourth-order valence-electron chi connectivity index (χ4n) is 3.70. The van der Waals surface area contributed by atoms with Crippen molar-refractivity contribution in [1.29, 1.82) is 0 Å². The second kappa shape index (κ2) is 1.73. The van der Waals surface area contributed by atoms with Gasteiger partial charge in [0.2, 0.25) is 0 Å². The zero-order valence-corrected chi connectivity index (χ0v) is 8.30. The van der Waals surface area contributed by atoms with Crippen molar-refractivity contribution in [2.24, 2.45) is 17.8 Å². The molecule has 4 rings (SSSR count). The normalized spacial score (nSPS) is 63.9. The molecule has 0 radical (unpaired) electrons. The van der Waals surface area contributed by atoms with Gasteiger partial charge in [-0.2, -0.15) is 0 Å². The van der Waals surface area contributed by atoms with E-state index in [0.29, 0.717) is 0 Å². The van der Waals surface area contributed by atoms with Crippen LogP contribution in [0.4, 0.5) is 0 Å². The maximum atomic E-state index is 2.76. The summed E-state index contributed by atoms with van der Waals surface area (Å²) in [4.78, 5) is 0. The van der Waals surface area contributed by atoms with E-state index in [-0.39, 0.29) is 0 Å². The van der Waals surface area contributed by atoms with Crippen LogP contribution in [0.15, 0.2) is 0 Å². The van der Waals surface area contributed by atoms with Gasteiger partial charge in [0.25, 0.3) is 0 Å². The lowest BCUT2D eigenvalue weighted by Crippen LogP contribution is -2.21. The van der Waals surface area contributed by atoms with Crippen LogP contribution in [0.5, 0.6) is 0 Å². The van der Waals surface area contributed by atoms with E-state index in [4.69, 9.17) is 0 Å². The molecule has 2 atom stereocenters. The molecule has 0 aromatic heterocycles. The molecule has 0 spiro atoms. The Kier molecular flexibility index (Phi) is 1.08. The van der Waals surface area contributed by atoms with E-state index >= 15 is 0 Å². The maximum Gasteiger partial charge on any atom is 0.0256 e. The molecule has 4 aliphatic rings. The first-order valence-corrected chi connectivity index (χ1v) is 5.53. The summed E-state index contributed by atoms with van der Waals surface area (Å²) in [5.41, 5.74) is 0. The summed E-state index contributed by atoms with van der Waals surface area (Å²) in [7, 11) is 0. The van der Waals surface area contributed by atoms with Crippen molar-refractivity contribution in [2.75, 3.05) is 0 Å². The lowest BCUT2D eigenvalue weighted by atomic mass is 9.82. The van der Waals surface area contributed by atoms with Gasteiger partial charge in [0.15, 0.2) is 0 Å². The molecule has 4 saturated carbocycles. The molecular weight excluding hydrogens is 235 g/mol. The monoisotopic (exact) mass is 248 g/mol. The third kappa shape index (κ3) is 0.632. The van der Waals surface area contributed by atoms with Crippen LogP contribution in [0.2, 0.25) is 0 Å². The van der Waals surface area contributed by atoms with Crippen LogP contribution in [0.25, 0.3) is 0 Å². The fraction of sp³-hybridized carbons (Fsp3) is 1.00. The van der Waals surface area contributed by atoms with Crippen LogP contribution < -0.4 is 0 Å². The van der Waals surface area contributed by atoms with Crippen LogP contribution in [0.3, 0.4) is 0 Å². The number of hydrogen-bond acceptors (Lipinski definition) is 0. The first-order chi connectivity index (χ1) is 4.76. The van der Waals surface area contributed by atoms with Crippen molar-refractivity contribution < 1.29 is 0 Å². The minimum absolute atomic E-state index is 0.797. The molecule has 0 N–H and O–H groups in total. The van der Waals surface area contributed by atoms with Crippen molar-refractivity contribution in [1.82, 2.24) is 0 Å². The average molecular weight is 248 g/mol. The summed E-state index contributed by atoms with van der Waals surface area (Å²) in [5, 5.41) is 0. The van der Waals surface area contributed by atoms with Crippen molar-refractivity contribution in [3.05, 3.63) is 0 Å². The van der Waals surface area contributed by atoms with Crippen LogP contribution in [0, 0.1) is 17.8 Å². The number of hydrogen-bond donors (Lipinski definition) is 0. The standard InChI is InChI=1S/C9H13I/c10-9-4-6-1-7(5-9)3-8(9)2-6/h6-8H,1-5H2. The molecule has 4 fully saturated rings. The fourth-order valence-corrected chi connectivity index (χ4v) is 5.45. The minimum atomic E-state index is 0.797. The third-order valence-corrected chi connectivity index (χ3v) is 5.65. The van der Waals surface area contributed by atoms with E-state index < -0.39 is 0 Å². The zero-order valence-electron chi connectivity index (χ0n) is 6.15. The molecule has 1 heteroatoms. The first-order valence-electron chi connectivity index (χ1n) is 4.45. The lowest BCUT2D eigenvalue weighted by molar-refractivity contribution is 0.284. The largest absolute Gasteiger partial charge is 0.0785 e. The Morgan fingerprint density at radius 1 is 1.00 bits per heavy atom. The van der Waals surface area contributed by atoms with Gasteiger partial charge in [-0.1, -0.05) is 22.6 Å². The van der Waals surface area contributed by atoms with Gasteiger partial charge in [-0.05, 0) is 49.9 Å². The predicted octanol–water partition coefficient (Wildman–Crippen LogP) is 3.00. The summed E-state index contributed by atoms with van der Waals surface area (Å²) in [5.74, 6) is 3.43. The highest BCUT2D eigenvalue weighted by molar-refractivity contribution is 14.1. The Bertz CT molecular complexity index is 162. The van der Waals surface area contributed by atoms with E-state index in [9.17, 15) is 0 Å². The quantitative estimate of drug-likeness (QED) is 0.456. The molecular formula is C9H13I. The summed E-state index contributed by atoms with van der Waals surface area (Å²) >= 11 is 2.76. The molecule has 0 aromatic carbocycles. The van der Waals surface area contributed by atoms with Gasteiger partial charge in [-0.15, -0.1) is 0 Å². The highest BCUT2D eigenvalue weighted by Crippen LogP contribution is 2.64. The molecule has 10 heavy (non-hydrogen) atoms. The molecule has 0 aromatic rings. The van der Waals surface area contributed by atoms with E-state index in [1.165, 1.54) is 0 Å². The Morgan fingerprint density at radius 3 is 2.00 bits per heavy atom. The van der Waals surface area contributed by atoms with Crippen LogP contribution in [-0.2, 0) is 0 Å². The molecule has 56 valence electrons. The first kappa shape index (κ1) is 6.27. The van der Waals surface area contributed by atoms with Gasteiger partial charge in [0, 0.05) is 3.42 Å². The van der Waals surface area contributed by atoms with E-state index in [0.717, 1.165) is 21.2 Å². The number of alkyl halides is 1. The van der Waals surface area contributed by atoms with Gasteiger partial charge >= 0.3 is 0 Å². The van der Waals surface area contributed by atoms with Gasteiger partial charge < -0.3 is 0 Å². The SMILES string of the molecule is IC12CC3CC(CC1C3)C2. The lowest BCUT2D eigenvalue weighted by Gasteiger charge is -2.27. The predicted molar refractivity (Wildman–Crippen MR) is 50.3 cm³/mol. The molecule has 0 amide bonds. The van der Waals surface area contributed by atoms with Crippen molar-refractivity contribution in [3.63, 3.8) is 0 Å². The molecule has 0 heterocycles. The highest BCUT2D eigenvalue weighted by Gasteiger charge is 2.56. The second-order valence-corrected chi connectivity index (χ2v) is 6.73. The van der Waals surface area contributed by atoms with Crippen molar-refractivity contribution >= 4 is 22.6 Å². The van der Waals surface area contributed by atoms with Crippen molar-refractivity contribution in [2.45, 2.75) is 35.5 Å². The van der Waals surface area contributed by atoms with Crippen LogP contribution >= 0.6 is 22.6 Å². The topological polar surface area (TPSA) is 0 Å². The number of halogens is 1. The molecule has 0 saturated heterocycles. The summed E-state index contributed by atoms with van der Waals surface area (Å²) in [6, 6.07) is 0. The van der Waals surface area contributed by atoms with Gasteiger partial charge in [-0.25, -0.2) is 0 Å². The van der Waals surface area contributed by atoms with E-state index in [1.54, 1.807) is 32.1 Å². The Hall–Kier alpha value is 0.730. The molecule has 0 aliphatic heterocycles. The van der Waals surface area contributed by atoms with Crippen LogP contribution in [-0.4, -0.2) is 3.42 Å². The maximum absolute atomic E-state index is 2.76. The van der Waals surface area contributed by atoms with Crippen molar-refractivity contribution in [3.8, 4) is 0 Å². The third-order valence-electron chi connectivity index (χ3n) is 3.89. The smallest absolute Gasteiger partial charge is 0.0256 e. The molecule has 4 bridgehead atoms. The molecule has 4 aliphatic carbocycles. The van der Waals surface area contributed by atoms with E-state index in [2.05, 4.69) is 22.6 Å². The minimum Gasteiger partial charge on any atom is -0.0785 e.